The van der Waals surface area contributed by atoms with Gasteiger partial charge in [-0.15, -0.1) is 0 Å². The van der Waals surface area contributed by atoms with Crippen molar-refractivity contribution >= 4 is 17.7 Å². The van der Waals surface area contributed by atoms with Crippen LogP contribution in [0, 0.1) is 6.92 Å². The molecule has 1 aliphatic heterocycles. The van der Waals surface area contributed by atoms with Crippen LogP contribution in [0.2, 0.25) is 0 Å². The molecular weight excluding hydrogens is 521 g/mol. The highest BCUT2D eigenvalue weighted by atomic mass is 19.4. The third-order valence-electron chi connectivity index (χ3n) is 6.46. The molecule has 0 bridgehead atoms. The van der Waals surface area contributed by atoms with E-state index in [1.165, 1.54) is 0 Å². The minimum atomic E-state index is -4.60. The SMILES string of the molecule is Cc1cc(C(F)(F)F)cc(C(=O)Nc2cccc(OC3CCN(C(=O)OC(C)(C)C)CC3)c2)c1-c1ccccc1. The van der Waals surface area contributed by atoms with E-state index in [9.17, 15) is 22.8 Å². The van der Waals surface area contributed by atoms with Gasteiger partial charge in [-0.2, -0.15) is 13.2 Å². The van der Waals surface area contributed by atoms with Crippen LogP contribution < -0.4 is 10.1 Å². The highest BCUT2D eigenvalue weighted by Gasteiger charge is 2.33. The monoisotopic (exact) mass is 554 g/mol. The summed E-state index contributed by atoms with van der Waals surface area (Å²) >= 11 is 0. The Morgan fingerprint density at radius 3 is 2.23 bits per heavy atom. The van der Waals surface area contributed by atoms with Gasteiger partial charge in [0.05, 0.1) is 5.56 Å². The number of carbonyl (C=O) groups excluding carboxylic acids is 2. The molecule has 0 spiro atoms. The average molecular weight is 555 g/mol. The summed E-state index contributed by atoms with van der Waals surface area (Å²) in [7, 11) is 0. The second kappa shape index (κ2) is 11.6. The molecule has 9 heteroatoms. The van der Waals surface area contributed by atoms with Crippen molar-refractivity contribution < 1.29 is 32.2 Å². The molecule has 2 amide bonds. The Kier molecular flexibility index (Phi) is 8.42. The van der Waals surface area contributed by atoms with Gasteiger partial charge in [-0.05, 0) is 68.7 Å². The Hall–Kier alpha value is -4.01. The summed E-state index contributed by atoms with van der Waals surface area (Å²) in [6.45, 7) is 8.02. The number of ether oxygens (including phenoxy) is 2. The first-order valence-electron chi connectivity index (χ1n) is 13.1. The summed E-state index contributed by atoms with van der Waals surface area (Å²) in [6.07, 6.45) is -3.86. The fourth-order valence-electron chi connectivity index (χ4n) is 4.64. The highest BCUT2D eigenvalue weighted by Crippen LogP contribution is 2.36. The first-order chi connectivity index (χ1) is 18.8. The molecule has 6 nitrogen and oxygen atoms in total. The van der Waals surface area contributed by atoms with Gasteiger partial charge in [0.2, 0.25) is 0 Å². The van der Waals surface area contributed by atoms with Crippen molar-refractivity contribution in [2.24, 2.45) is 0 Å². The summed E-state index contributed by atoms with van der Waals surface area (Å²) < 4.78 is 52.4. The van der Waals surface area contributed by atoms with Crippen LogP contribution in [-0.4, -0.2) is 41.7 Å². The van der Waals surface area contributed by atoms with Crippen molar-refractivity contribution in [2.45, 2.75) is 58.4 Å². The number of piperidine rings is 1. The van der Waals surface area contributed by atoms with Gasteiger partial charge >= 0.3 is 12.3 Å². The van der Waals surface area contributed by atoms with E-state index in [1.807, 2.05) is 20.8 Å². The van der Waals surface area contributed by atoms with Crippen molar-refractivity contribution in [2.75, 3.05) is 18.4 Å². The minimum Gasteiger partial charge on any atom is -0.490 e. The maximum Gasteiger partial charge on any atom is 0.416 e. The second-order valence-corrected chi connectivity index (χ2v) is 10.8. The summed E-state index contributed by atoms with van der Waals surface area (Å²) in [5.74, 6) is -0.145. The highest BCUT2D eigenvalue weighted by molar-refractivity contribution is 6.09. The van der Waals surface area contributed by atoms with Crippen LogP contribution in [0.4, 0.5) is 23.7 Å². The van der Waals surface area contributed by atoms with Crippen LogP contribution in [0.5, 0.6) is 5.75 Å². The molecule has 0 aromatic heterocycles. The number of benzene rings is 3. The lowest BCUT2D eigenvalue weighted by atomic mass is 9.92. The number of halogens is 3. The number of likely N-dealkylation sites (tertiary alicyclic amines) is 1. The van der Waals surface area contributed by atoms with Crippen LogP contribution in [0.15, 0.2) is 66.7 Å². The van der Waals surface area contributed by atoms with Crippen LogP contribution in [0.3, 0.4) is 0 Å². The van der Waals surface area contributed by atoms with E-state index in [2.05, 4.69) is 5.32 Å². The molecule has 4 rings (SSSR count). The Balaban J connectivity index is 1.48. The van der Waals surface area contributed by atoms with E-state index in [0.29, 0.717) is 54.1 Å². The number of nitrogens with one attached hydrogen (secondary N) is 1. The normalized spacial score (nSPS) is 14.5. The number of carbonyl (C=O) groups is 2. The van der Waals surface area contributed by atoms with Gasteiger partial charge in [0, 0.05) is 43.2 Å². The molecule has 3 aromatic rings. The van der Waals surface area contributed by atoms with Crippen molar-refractivity contribution in [3.8, 4) is 16.9 Å². The Morgan fingerprint density at radius 2 is 1.60 bits per heavy atom. The average Bonchev–Trinajstić information content (AvgIpc) is 2.88. The van der Waals surface area contributed by atoms with Crippen molar-refractivity contribution in [1.29, 1.82) is 0 Å². The standard InChI is InChI=1S/C31H33F3N2O4/c1-20-17-22(31(32,33)34)18-26(27(20)21-9-6-5-7-10-21)28(37)35-23-11-8-12-25(19-23)39-24-13-15-36(16-14-24)29(38)40-30(2,3)4/h5-12,17-19,24H,13-16H2,1-4H3,(H,35,37). The number of amides is 2. The third-order valence-corrected chi connectivity index (χ3v) is 6.46. The maximum absolute atomic E-state index is 13.6. The molecular formula is C31H33F3N2O4. The van der Waals surface area contributed by atoms with E-state index in [-0.39, 0.29) is 17.8 Å². The molecule has 0 atom stereocenters. The Bertz CT molecular complexity index is 1360. The molecule has 0 radical (unpaired) electrons. The number of nitrogens with zero attached hydrogens (tertiary/aromatic N) is 1. The Morgan fingerprint density at radius 1 is 0.925 bits per heavy atom. The predicted octanol–water partition coefficient (Wildman–Crippen LogP) is 7.71. The molecule has 212 valence electrons. The lowest BCUT2D eigenvalue weighted by Gasteiger charge is -2.33. The molecule has 1 saturated heterocycles. The Labute approximate surface area is 232 Å². The summed E-state index contributed by atoms with van der Waals surface area (Å²) in [4.78, 5) is 27.3. The largest absolute Gasteiger partial charge is 0.490 e. The molecule has 0 saturated carbocycles. The molecule has 0 unspecified atom stereocenters. The number of hydrogen-bond acceptors (Lipinski definition) is 4. The van der Waals surface area contributed by atoms with E-state index in [0.717, 1.165) is 12.1 Å². The fourth-order valence-corrected chi connectivity index (χ4v) is 4.64. The van der Waals surface area contributed by atoms with Crippen molar-refractivity contribution in [3.05, 3.63) is 83.4 Å². The predicted molar refractivity (Wildman–Crippen MR) is 147 cm³/mol. The van der Waals surface area contributed by atoms with Crippen LogP contribution >= 0.6 is 0 Å². The lowest BCUT2D eigenvalue weighted by molar-refractivity contribution is -0.137. The molecule has 40 heavy (non-hydrogen) atoms. The van der Waals surface area contributed by atoms with Gasteiger partial charge in [0.25, 0.3) is 5.91 Å². The van der Waals surface area contributed by atoms with Gasteiger partial charge in [-0.25, -0.2) is 4.79 Å². The molecule has 1 heterocycles. The zero-order chi connectivity index (χ0) is 29.1. The van der Waals surface area contributed by atoms with Crippen LogP contribution in [0.1, 0.15) is 55.1 Å². The fraction of sp³-hybridized carbons (Fsp3) is 0.355. The molecule has 0 aliphatic carbocycles. The first kappa shape index (κ1) is 29.0. The lowest BCUT2D eigenvalue weighted by Crippen LogP contribution is -2.44. The number of hydrogen-bond donors (Lipinski definition) is 1. The van der Waals surface area contributed by atoms with E-state index in [4.69, 9.17) is 9.47 Å². The zero-order valence-electron chi connectivity index (χ0n) is 23.0. The summed E-state index contributed by atoms with van der Waals surface area (Å²) in [5.41, 5.74) is 0.306. The van der Waals surface area contributed by atoms with Crippen molar-refractivity contribution in [1.82, 2.24) is 4.90 Å². The van der Waals surface area contributed by atoms with E-state index in [1.54, 1.807) is 66.4 Å². The summed E-state index contributed by atoms with van der Waals surface area (Å²) in [5, 5.41) is 2.74. The molecule has 1 aliphatic rings. The third kappa shape index (κ3) is 7.34. The van der Waals surface area contributed by atoms with Gasteiger partial charge in [0.15, 0.2) is 0 Å². The summed E-state index contributed by atoms with van der Waals surface area (Å²) in [6, 6.07) is 17.6. The number of rotatable bonds is 5. The van der Waals surface area contributed by atoms with Gasteiger partial charge in [-0.3, -0.25) is 4.79 Å². The quantitative estimate of drug-likeness (QED) is 0.351. The number of aryl methyl sites for hydroxylation is 1. The topological polar surface area (TPSA) is 67.9 Å². The maximum atomic E-state index is 13.6. The molecule has 3 aromatic carbocycles. The van der Waals surface area contributed by atoms with Gasteiger partial charge in [-0.1, -0.05) is 36.4 Å². The van der Waals surface area contributed by atoms with E-state index < -0.39 is 23.2 Å². The number of anilines is 1. The van der Waals surface area contributed by atoms with Gasteiger partial charge in [0.1, 0.15) is 17.5 Å². The van der Waals surface area contributed by atoms with Crippen LogP contribution in [0.25, 0.3) is 11.1 Å². The number of alkyl halides is 3. The van der Waals surface area contributed by atoms with Crippen LogP contribution in [-0.2, 0) is 10.9 Å². The minimum absolute atomic E-state index is 0.0700. The van der Waals surface area contributed by atoms with Gasteiger partial charge < -0.3 is 19.7 Å². The zero-order valence-corrected chi connectivity index (χ0v) is 23.0. The van der Waals surface area contributed by atoms with E-state index >= 15 is 0 Å². The molecule has 1 fully saturated rings. The molecule has 1 N–H and O–H groups in total. The van der Waals surface area contributed by atoms with Crippen molar-refractivity contribution in [3.63, 3.8) is 0 Å². The smallest absolute Gasteiger partial charge is 0.416 e. The first-order valence-corrected chi connectivity index (χ1v) is 13.1. The second-order valence-electron chi connectivity index (χ2n) is 10.8.